The maximum atomic E-state index is 11.5. The molecule has 0 bridgehead atoms. The number of hydrogen-bond donors (Lipinski definition) is 0. The van der Waals surface area contributed by atoms with Crippen molar-refractivity contribution in [2.75, 3.05) is 18.1 Å². The molecule has 0 fully saturated rings. The van der Waals surface area contributed by atoms with Crippen LogP contribution >= 0.6 is 0 Å². The van der Waals surface area contributed by atoms with Gasteiger partial charge in [-0.05, 0) is 12.1 Å². The molecule has 3 nitrogen and oxygen atoms in total. The third-order valence-electron chi connectivity index (χ3n) is 1.99. The molecule has 1 rings (SSSR count). The zero-order chi connectivity index (χ0) is 10.4. The van der Waals surface area contributed by atoms with Gasteiger partial charge in [0.1, 0.15) is 6.61 Å². The second-order valence-corrected chi connectivity index (χ2v) is 2.94. The molecule has 1 radical (unpaired) electrons. The van der Waals surface area contributed by atoms with E-state index in [1.165, 1.54) is 4.90 Å². The molecular formula is C11H14NO2. The Balaban J connectivity index is 2.83. The smallest absolute Gasteiger partial charge is 0.226 e. The number of carbonyl (C=O) groups excluding carboxylic acids is 1. The fourth-order valence-electron chi connectivity index (χ4n) is 1.29. The van der Waals surface area contributed by atoms with E-state index in [0.29, 0.717) is 6.42 Å². The van der Waals surface area contributed by atoms with Crippen LogP contribution in [0.15, 0.2) is 30.3 Å². The molecule has 0 aliphatic carbocycles. The number of rotatable bonds is 4. The molecule has 0 heterocycles. The summed E-state index contributed by atoms with van der Waals surface area (Å²) in [4.78, 5) is 13.0. The number of hydrogen-bond acceptors (Lipinski definition) is 1. The van der Waals surface area contributed by atoms with Crippen molar-refractivity contribution < 1.29 is 9.90 Å². The molecule has 1 aromatic carbocycles. The van der Waals surface area contributed by atoms with Gasteiger partial charge in [0, 0.05) is 12.1 Å². The van der Waals surface area contributed by atoms with E-state index < -0.39 is 0 Å². The minimum Gasteiger partial charge on any atom is -0.310 e. The Morgan fingerprint density at radius 2 is 1.93 bits per heavy atom. The van der Waals surface area contributed by atoms with Crippen molar-refractivity contribution >= 4 is 11.6 Å². The van der Waals surface area contributed by atoms with E-state index in [4.69, 9.17) is 0 Å². The van der Waals surface area contributed by atoms with Crippen LogP contribution in [0.2, 0.25) is 0 Å². The third-order valence-corrected chi connectivity index (χ3v) is 1.99. The third kappa shape index (κ3) is 2.57. The first-order chi connectivity index (χ1) is 6.79. The highest BCUT2D eigenvalue weighted by Gasteiger charge is 2.12. The quantitative estimate of drug-likeness (QED) is 0.717. The Labute approximate surface area is 84.0 Å². The van der Waals surface area contributed by atoms with Crippen LogP contribution in [-0.4, -0.2) is 19.1 Å². The molecular weight excluding hydrogens is 178 g/mol. The van der Waals surface area contributed by atoms with Crippen molar-refractivity contribution in [2.45, 2.75) is 13.3 Å². The highest BCUT2D eigenvalue weighted by Crippen LogP contribution is 2.13. The SMILES string of the molecule is CCC(=O)N(CC[O])c1ccccc1. The van der Waals surface area contributed by atoms with Gasteiger partial charge in [0.25, 0.3) is 0 Å². The highest BCUT2D eigenvalue weighted by atomic mass is 16.3. The zero-order valence-corrected chi connectivity index (χ0v) is 8.27. The predicted molar refractivity (Wildman–Crippen MR) is 54.6 cm³/mol. The van der Waals surface area contributed by atoms with Crippen molar-refractivity contribution in [3.8, 4) is 0 Å². The van der Waals surface area contributed by atoms with Gasteiger partial charge in [0.2, 0.25) is 5.91 Å². The van der Waals surface area contributed by atoms with Gasteiger partial charge in [-0.25, -0.2) is 5.11 Å². The molecule has 0 N–H and O–H groups in total. The molecule has 75 valence electrons. The van der Waals surface area contributed by atoms with Crippen LogP contribution in [0.4, 0.5) is 5.69 Å². The minimum atomic E-state index is -0.263. The maximum absolute atomic E-state index is 11.5. The lowest BCUT2D eigenvalue weighted by molar-refractivity contribution is -0.118. The molecule has 1 amide bonds. The number of para-hydroxylation sites is 1. The summed E-state index contributed by atoms with van der Waals surface area (Å²) in [5, 5.41) is 10.5. The summed E-state index contributed by atoms with van der Waals surface area (Å²) in [5.41, 5.74) is 0.801. The van der Waals surface area contributed by atoms with Crippen LogP contribution in [-0.2, 0) is 9.90 Å². The van der Waals surface area contributed by atoms with Gasteiger partial charge in [-0.3, -0.25) is 4.79 Å². The van der Waals surface area contributed by atoms with Crippen molar-refractivity contribution in [3.05, 3.63) is 30.3 Å². The van der Waals surface area contributed by atoms with Crippen LogP contribution in [0, 0.1) is 0 Å². The fraction of sp³-hybridized carbons (Fsp3) is 0.364. The highest BCUT2D eigenvalue weighted by molar-refractivity contribution is 5.93. The summed E-state index contributed by atoms with van der Waals surface area (Å²) >= 11 is 0. The second kappa shape index (κ2) is 5.40. The Kier molecular flexibility index (Phi) is 4.13. The molecule has 0 aliphatic heterocycles. The Morgan fingerprint density at radius 3 is 2.43 bits per heavy atom. The molecule has 0 aromatic heterocycles. The molecule has 0 atom stereocenters. The van der Waals surface area contributed by atoms with Crippen molar-refractivity contribution in [1.29, 1.82) is 0 Å². The Hall–Kier alpha value is -1.35. The molecule has 14 heavy (non-hydrogen) atoms. The van der Waals surface area contributed by atoms with Gasteiger partial charge >= 0.3 is 0 Å². The summed E-state index contributed by atoms with van der Waals surface area (Å²) in [6.45, 7) is 1.78. The van der Waals surface area contributed by atoms with Crippen LogP contribution in [0.1, 0.15) is 13.3 Å². The lowest BCUT2D eigenvalue weighted by atomic mass is 10.2. The van der Waals surface area contributed by atoms with E-state index in [1.54, 1.807) is 6.92 Å². The molecule has 0 saturated carbocycles. The van der Waals surface area contributed by atoms with Gasteiger partial charge in [-0.15, -0.1) is 0 Å². The summed E-state index contributed by atoms with van der Waals surface area (Å²) in [5.74, 6) is -0.00736. The normalized spacial score (nSPS) is 9.86. The first-order valence-corrected chi connectivity index (χ1v) is 4.73. The van der Waals surface area contributed by atoms with Crippen LogP contribution in [0.3, 0.4) is 0 Å². The van der Waals surface area contributed by atoms with E-state index in [-0.39, 0.29) is 19.1 Å². The van der Waals surface area contributed by atoms with Gasteiger partial charge in [-0.1, -0.05) is 25.1 Å². The van der Waals surface area contributed by atoms with Crippen LogP contribution in [0.5, 0.6) is 0 Å². The summed E-state index contributed by atoms with van der Waals surface area (Å²) in [7, 11) is 0. The number of benzene rings is 1. The summed E-state index contributed by atoms with van der Waals surface area (Å²) in [6.07, 6.45) is 0.425. The Bertz CT molecular complexity index is 285. The van der Waals surface area contributed by atoms with Gasteiger partial charge in [-0.2, -0.15) is 0 Å². The molecule has 0 spiro atoms. The molecule has 0 saturated heterocycles. The average molecular weight is 192 g/mol. The maximum Gasteiger partial charge on any atom is 0.226 e. The van der Waals surface area contributed by atoms with E-state index >= 15 is 0 Å². The molecule has 1 aromatic rings. The number of nitrogens with zero attached hydrogens (tertiary/aromatic N) is 1. The molecule has 3 heteroatoms. The van der Waals surface area contributed by atoms with Gasteiger partial charge < -0.3 is 4.90 Å². The average Bonchev–Trinajstić information content (AvgIpc) is 2.26. The molecule has 0 aliphatic rings. The summed E-state index contributed by atoms with van der Waals surface area (Å²) < 4.78 is 0. The van der Waals surface area contributed by atoms with E-state index in [9.17, 15) is 9.90 Å². The monoisotopic (exact) mass is 192 g/mol. The largest absolute Gasteiger partial charge is 0.310 e. The minimum absolute atomic E-state index is 0.00736. The lowest BCUT2D eigenvalue weighted by Gasteiger charge is -2.20. The fourth-order valence-corrected chi connectivity index (χ4v) is 1.29. The van der Waals surface area contributed by atoms with Crippen LogP contribution < -0.4 is 4.90 Å². The van der Waals surface area contributed by atoms with E-state index in [1.807, 2.05) is 30.3 Å². The van der Waals surface area contributed by atoms with Gasteiger partial charge in [0.05, 0.1) is 6.54 Å². The summed E-state index contributed by atoms with van der Waals surface area (Å²) in [6, 6.07) is 9.27. The number of anilines is 1. The number of carbonyl (C=O) groups is 1. The van der Waals surface area contributed by atoms with Crippen LogP contribution in [0.25, 0.3) is 0 Å². The lowest BCUT2D eigenvalue weighted by Crippen LogP contribution is -2.32. The van der Waals surface area contributed by atoms with Gasteiger partial charge in [0.15, 0.2) is 0 Å². The first kappa shape index (κ1) is 10.7. The van der Waals surface area contributed by atoms with E-state index in [0.717, 1.165) is 5.69 Å². The van der Waals surface area contributed by atoms with Crippen molar-refractivity contribution in [1.82, 2.24) is 0 Å². The second-order valence-electron chi connectivity index (χ2n) is 2.94. The van der Waals surface area contributed by atoms with E-state index in [2.05, 4.69) is 0 Å². The molecule has 0 unspecified atom stereocenters. The topological polar surface area (TPSA) is 40.2 Å². The zero-order valence-electron chi connectivity index (χ0n) is 8.27. The Morgan fingerprint density at radius 1 is 1.29 bits per heavy atom. The standard InChI is InChI=1S/C11H14NO2/c1-2-11(14)12(8-9-13)10-6-4-3-5-7-10/h3-7H,2,8-9H2,1H3. The number of amides is 1. The first-order valence-electron chi connectivity index (χ1n) is 4.73. The van der Waals surface area contributed by atoms with Crippen molar-refractivity contribution in [3.63, 3.8) is 0 Å². The predicted octanol–water partition coefficient (Wildman–Crippen LogP) is 1.86. The van der Waals surface area contributed by atoms with Crippen molar-refractivity contribution in [2.24, 2.45) is 0 Å².